The number of ketones is 1. The molecule has 0 unspecified atom stereocenters. The summed E-state index contributed by atoms with van der Waals surface area (Å²) in [6, 6.07) is 23.2. The molecule has 1 heterocycles. The van der Waals surface area contributed by atoms with Crippen LogP contribution in [0.5, 0.6) is 0 Å². The smallest absolute Gasteiger partial charge is 0.224 e. The summed E-state index contributed by atoms with van der Waals surface area (Å²) < 4.78 is 0. The first-order chi connectivity index (χ1) is 16.4. The highest BCUT2D eigenvalue weighted by atomic mass is 35.5. The van der Waals surface area contributed by atoms with Crippen LogP contribution in [0.1, 0.15) is 44.5 Å². The predicted octanol–water partition coefficient (Wildman–Crippen LogP) is 6.18. The van der Waals surface area contributed by atoms with Gasteiger partial charge in [-0.05, 0) is 66.1 Å². The van der Waals surface area contributed by atoms with Crippen molar-refractivity contribution in [1.29, 1.82) is 0 Å². The summed E-state index contributed by atoms with van der Waals surface area (Å²) in [4.78, 5) is 26.4. The van der Waals surface area contributed by atoms with Gasteiger partial charge in [-0.1, -0.05) is 49.7 Å². The quantitative estimate of drug-likeness (QED) is 0.444. The Kier molecular flexibility index (Phi) is 6.98. The minimum atomic E-state index is -0.373. The molecular formula is C27H27ClN4O2. The van der Waals surface area contributed by atoms with Crippen molar-refractivity contribution < 1.29 is 9.59 Å². The standard InChI is InChI=1S/C27H27ClN4O2/c1-4-19-6-8-20(9-7-19)27-31(23-16-12-22(13-17-23)29-25(34)5-2)26(18(3)33)30-32(27)24-14-10-21(28)11-15-24/h6-17,27H,4-5H2,1-3H3,(H,29,34)/t27-/m0/s1. The molecule has 0 bridgehead atoms. The van der Waals surface area contributed by atoms with E-state index in [2.05, 4.69) is 36.5 Å². The van der Waals surface area contributed by atoms with E-state index in [-0.39, 0.29) is 17.9 Å². The number of hydrogen-bond acceptors (Lipinski definition) is 5. The molecule has 174 valence electrons. The number of halogens is 1. The molecular weight excluding hydrogens is 448 g/mol. The Hall–Kier alpha value is -3.64. The topological polar surface area (TPSA) is 65.0 Å². The summed E-state index contributed by atoms with van der Waals surface area (Å²) in [6.07, 6.45) is 0.971. The monoisotopic (exact) mass is 474 g/mol. The molecule has 1 aliphatic heterocycles. The number of amides is 1. The van der Waals surface area contributed by atoms with Crippen molar-refractivity contribution in [3.8, 4) is 0 Å². The largest absolute Gasteiger partial charge is 0.326 e. The van der Waals surface area contributed by atoms with Crippen molar-refractivity contribution in [2.45, 2.75) is 39.8 Å². The zero-order valence-corrected chi connectivity index (χ0v) is 20.2. The highest BCUT2D eigenvalue weighted by Gasteiger charge is 2.39. The van der Waals surface area contributed by atoms with Gasteiger partial charge in [0.1, 0.15) is 0 Å². The van der Waals surface area contributed by atoms with E-state index in [1.165, 1.54) is 12.5 Å². The molecule has 0 spiro atoms. The number of Topliss-reactive ketones (excluding diaryl/α,β-unsaturated/α-hetero) is 1. The third-order valence-electron chi connectivity index (χ3n) is 5.75. The van der Waals surface area contributed by atoms with E-state index < -0.39 is 0 Å². The summed E-state index contributed by atoms with van der Waals surface area (Å²) in [5.41, 5.74) is 4.55. The number of hydrogen-bond donors (Lipinski definition) is 1. The van der Waals surface area contributed by atoms with Crippen LogP contribution in [0.15, 0.2) is 77.9 Å². The maximum absolute atomic E-state index is 12.7. The molecule has 4 rings (SSSR count). The van der Waals surface area contributed by atoms with E-state index in [1.54, 1.807) is 0 Å². The van der Waals surface area contributed by atoms with Crippen molar-refractivity contribution in [1.82, 2.24) is 0 Å². The van der Waals surface area contributed by atoms with Gasteiger partial charge >= 0.3 is 0 Å². The number of benzene rings is 3. The number of anilines is 3. The molecule has 1 aliphatic rings. The van der Waals surface area contributed by atoms with Crippen molar-refractivity contribution in [2.24, 2.45) is 5.10 Å². The van der Waals surface area contributed by atoms with E-state index in [9.17, 15) is 9.59 Å². The number of rotatable bonds is 7. The highest BCUT2D eigenvalue weighted by molar-refractivity contribution is 6.44. The van der Waals surface area contributed by atoms with E-state index in [0.717, 1.165) is 23.4 Å². The first-order valence-electron chi connectivity index (χ1n) is 11.3. The molecule has 34 heavy (non-hydrogen) atoms. The Morgan fingerprint density at radius 3 is 2.09 bits per heavy atom. The van der Waals surface area contributed by atoms with Crippen molar-refractivity contribution in [3.63, 3.8) is 0 Å². The lowest BCUT2D eigenvalue weighted by Gasteiger charge is -2.32. The Balaban J connectivity index is 1.80. The Bertz CT molecular complexity index is 1200. The molecule has 1 N–H and O–H groups in total. The molecule has 0 aliphatic carbocycles. The number of hydrazone groups is 1. The number of carbonyl (C=O) groups excluding carboxylic acids is 2. The minimum absolute atomic E-state index is 0.0530. The van der Waals surface area contributed by atoms with E-state index in [4.69, 9.17) is 16.7 Å². The molecule has 1 atom stereocenters. The van der Waals surface area contributed by atoms with Crippen molar-refractivity contribution in [3.05, 3.63) is 88.9 Å². The molecule has 0 aromatic heterocycles. The lowest BCUT2D eigenvalue weighted by molar-refractivity contribution is -0.116. The Morgan fingerprint density at radius 1 is 0.912 bits per heavy atom. The second-order valence-corrected chi connectivity index (χ2v) is 8.52. The van der Waals surface area contributed by atoms with E-state index in [0.29, 0.717) is 23.0 Å². The van der Waals surface area contributed by atoms with Crippen LogP contribution < -0.4 is 15.2 Å². The fourth-order valence-corrected chi connectivity index (χ4v) is 4.02. The lowest BCUT2D eigenvalue weighted by atomic mass is 10.1. The summed E-state index contributed by atoms with van der Waals surface area (Å²) >= 11 is 6.12. The van der Waals surface area contributed by atoms with Crippen LogP contribution in [0.25, 0.3) is 0 Å². The second-order valence-electron chi connectivity index (χ2n) is 8.09. The lowest BCUT2D eigenvalue weighted by Crippen LogP contribution is -2.37. The number of carbonyl (C=O) groups is 2. The summed E-state index contributed by atoms with van der Waals surface area (Å²) in [5.74, 6) is 0.141. The van der Waals surface area contributed by atoms with E-state index in [1.807, 2.05) is 65.4 Å². The van der Waals surface area contributed by atoms with Gasteiger partial charge in [-0.3, -0.25) is 14.5 Å². The highest BCUT2D eigenvalue weighted by Crippen LogP contribution is 2.39. The zero-order chi connectivity index (χ0) is 24.2. The normalized spacial score (nSPS) is 15.3. The van der Waals surface area contributed by atoms with Crippen LogP contribution in [0.2, 0.25) is 5.02 Å². The van der Waals surface area contributed by atoms with Gasteiger partial charge < -0.3 is 5.32 Å². The van der Waals surface area contributed by atoms with Crippen LogP contribution in [-0.2, 0) is 16.0 Å². The fourth-order valence-electron chi connectivity index (χ4n) is 3.90. The summed E-state index contributed by atoms with van der Waals surface area (Å²) in [5, 5.41) is 10.1. The fraction of sp³-hybridized carbons (Fsp3) is 0.222. The second kappa shape index (κ2) is 10.1. The molecule has 3 aromatic rings. The molecule has 0 radical (unpaired) electrons. The van der Waals surface area contributed by atoms with Gasteiger partial charge in [-0.25, -0.2) is 5.01 Å². The van der Waals surface area contributed by atoms with Gasteiger partial charge in [0, 0.05) is 29.7 Å². The number of amidine groups is 1. The Morgan fingerprint density at radius 2 is 1.53 bits per heavy atom. The number of aryl methyl sites for hydroxylation is 1. The summed E-state index contributed by atoms with van der Waals surface area (Å²) in [6.45, 7) is 5.44. The van der Waals surface area contributed by atoms with Crippen molar-refractivity contribution >= 4 is 46.2 Å². The van der Waals surface area contributed by atoms with Crippen LogP contribution in [0.3, 0.4) is 0 Å². The van der Waals surface area contributed by atoms with Gasteiger partial charge in [-0.2, -0.15) is 0 Å². The number of nitrogens with zero attached hydrogens (tertiary/aromatic N) is 3. The molecule has 3 aromatic carbocycles. The van der Waals surface area contributed by atoms with Gasteiger partial charge in [-0.15, -0.1) is 5.10 Å². The summed E-state index contributed by atoms with van der Waals surface area (Å²) in [7, 11) is 0. The predicted molar refractivity (Wildman–Crippen MR) is 138 cm³/mol. The molecule has 7 heteroatoms. The Labute approximate surface area is 204 Å². The third kappa shape index (κ3) is 4.82. The molecule has 0 saturated heterocycles. The maximum Gasteiger partial charge on any atom is 0.224 e. The first kappa shape index (κ1) is 23.5. The van der Waals surface area contributed by atoms with Crippen molar-refractivity contribution in [2.75, 3.05) is 15.2 Å². The van der Waals surface area contributed by atoms with Gasteiger partial charge in [0.05, 0.1) is 5.69 Å². The van der Waals surface area contributed by atoms with Gasteiger partial charge in [0.15, 0.2) is 17.8 Å². The molecule has 0 saturated carbocycles. The first-order valence-corrected chi connectivity index (χ1v) is 11.7. The molecule has 0 fully saturated rings. The minimum Gasteiger partial charge on any atom is -0.326 e. The van der Waals surface area contributed by atoms with Gasteiger partial charge in [0.2, 0.25) is 5.91 Å². The average Bonchev–Trinajstić information content (AvgIpc) is 3.26. The molecule has 1 amide bonds. The third-order valence-corrected chi connectivity index (χ3v) is 6.00. The average molecular weight is 475 g/mol. The SMILES string of the molecule is CCC(=O)Nc1ccc(N2C(C(C)=O)=NN(c3ccc(Cl)cc3)[C@H]2c2ccc(CC)cc2)cc1. The van der Waals surface area contributed by atoms with Crippen LogP contribution in [-0.4, -0.2) is 17.5 Å². The van der Waals surface area contributed by atoms with E-state index >= 15 is 0 Å². The van der Waals surface area contributed by atoms with Gasteiger partial charge in [0.25, 0.3) is 0 Å². The maximum atomic E-state index is 12.7. The number of nitrogens with one attached hydrogen (secondary N) is 1. The van der Waals surface area contributed by atoms with Crippen LogP contribution in [0, 0.1) is 0 Å². The zero-order valence-electron chi connectivity index (χ0n) is 19.5. The van der Waals surface area contributed by atoms with Crippen LogP contribution in [0.4, 0.5) is 17.1 Å². The van der Waals surface area contributed by atoms with Crippen LogP contribution >= 0.6 is 11.6 Å². The molecule has 6 nitrogen and oxygen atoms in total.